The molecule has 0 aliphatic carbocycles. The molecule has 1 aliphatic rings. The van der Waals surface area contributed by atoms with Crippen molar-refractivity contribution in [3.63, 3.8) is 0 Å². The van der Waals surface area contributed by atoms with E-state index in [0.717, 1.165) is 0 Å². The van der Waals surface area contributed by atoms with Crippen LogP contribution in [0, 0.1) is 0 Å². The minimum atomic E-state index is -0.0903. The van der Waals surface area contributed by atoms with Crippen LogP contribution in [0.1, 0.15) is 6.92 Å². The third kappa shape index (κ3) is 0.765. The van der Waals surface area contributed by atoms with Crippen molar-refractivity contribution in [1.82, 2.24) is 5.32 Å². The molecular formula is C4H6N2O. The SMILES string of the molecule is C[C@@H]1N=CC(=O)N1. The number of nitrogens with zero attached hydrogens (tertiary/aromatic N) is 1. The van der Waals surface area contributed by atoms with Gasteiger partial charge in [0.15, 0.2) is 0 Å². The van der Waals surface area contributed by atoms with Crippen molar-refractivity contribution in [2.75, 3.05) is 0 Å². The molecule has 1 aliphatic heterocycles. The van der Waals surface area contributed by atoms with Crippen LogP contribution in [0.2, 0.25) is 0 Å². The Morgan fingerprint density at radius 1 is 2.00 bits per heavy atom. The maximum atomic E-state index is 10.2. The van der Waals surface area contributed by atoms with Crippen LogP contribution >= 0.6 is 0 Å². The van der Waals surface area contributed by atoms with E-state index in [-0.39, 0.29) is 12.1 Å². The zero-order valence-corrected chi connectivity index (χ0v) is 4.01. The second-order valence-electron chi connectivity index (χ2n) is 1.46. The molecule has 0 bridgehead atoms. The first-order chi connectivity index (χ1) is 3.29. The van der Waals surface area contributed by atoms with Gasteiger partial charge in [-0.3, -0.25) is 9.79 Å². The van der Waals surface area contributed by atoms with Crippen LogP contribution < -0.4 is 5.32 Å². The minimum absolute atomic E-state index is 0.00694. The number of carbonyl (C=O) groups is 1. The van der Waals surface area contributed by atoms with Crippen molar-refractivity contribution in [2.45, 2.75) is 13.1 Å². The predicted molar refractivity (Wildman–Crippen MR) is 26.1 cm³/mol. The molecule has 0 radical (unpaired) electrons. The zero-order valence-electron chi connectivity index (χ0n) is 4.01. The van der Waals surface area contributed by atoms with Crippen LogP contribution in [-0.4, -0.2) is 18.3 Å². The second-order valence-corrected chi connectivity index (χ2v) is 1.46. The first kappa shape index (κ1) is 4.30. The van der Waals surface area contributed by atoms with E-state index in [4.69, 9.17) is 0 Å². The molecule has 7 heavy (non-hydrogen) atoms. The molecule has 3 heteroatoms. The summed E-state index contributed by atoms with van der Waals surface area (Å²) in [5.74, 6) is -0.0903. The first-order valence-corrected chi connectivity index (χ1v) is 2.13. The van der Waals surface area contributed by atoms with Crippen LogP contribution in [0.4, 0.5) is 0 Å². The Balaban J connectivity index is 2.58. The summed E-state index contributed by atoms with van der Waals surface area (Å²) in [5.41, 5.74) is 0. The highest BCUT2D eigenvalue weighted by Crippen LogP contribution is 1.86. The molecule has 1 rings (SSSR count). The van der Waals surface area contributed by atoms with E-state index in [2.05, 4.69) is 10.3 Å². The average Bonchev–Trinajstić information content (AvgIpc) is 1.87. The lowest BCUT2D eigenvalue weighted by Crippen LogP contribution is -2.23. The van der Waals surface area contributed by atoms with Crippen molar-refractivity contribution in [3.8, 4) is 0 Å². The lowest BCUT2D eigenvalue weighted by Gasteiger charge is -1.93. The van der Waals surface area contributed by atoms with Crippen LogP contribution in [-0.2, 0) is 4.79 Å². The molecule has 0 spiro atoms. The number of hydrogen-bond donors (Lipinski definition) is 1. The standard InChI is InChI=1S/C4H6N2O/c1-3-5-2-4(7)6-3/h2-3H,1H3,(H,6,7)/t3-/m1/s1. The van der Waals surface area contributed by atoms with Crippen molar-refractivity contribution < 1.29 is 4.79 Å². The van der Waals surface area contributed by atoms with Gasteiger partial charge in [0.25, 0.3) is 5.91 Å². The van der Waals surface area contributed by atoms with E-state index >= 15 is 0 Å². The Bertz CT molecular complexity index is 119. The van der Waals surface area contributed by atoms with E-state index in [1.54, 1.807) is 0 Å². The first-order valence-electron chi connectivity index (χ1n) is 2.13. The van der Waals surface area contributed by atoms with Gasteiger partial charge in [0.05, 0.1) is 6.21 Å². The van der Waals surface area contributed by atoms with E-state index in [1.165, 1.54) is 6.21 Å². The normalized spacial score (nSPS) is 28.1. The second kappa shape index (κ2) is 1.33. The topological polar surface area (TPSA) is 41.5 Å². The molecule has 0 aromatic carbocycles. The molecular weight excluding hydrogens is 92.1 g/mol. The largest absolute Gasteiger partial charge is 0.330 e. The number of amides is 1. The Hall–Kier alpha value is -0.860. The van der Waals surface area contributed by atoms with E-state index < -0.39 is 0 Å². The van der Waals surface area contributed by atoms with Crippen LogP contribution in [0.25, 0.3) is 0 Å². The number of carbonyl (C=O) groups excluding carboxylic acids is 1. The van der Waals surface area contributed by atoms with Gasteiger partial charge in [-0.1, -0.05) is 0 Å². The summed E-state index contributed by atoms with van der Waals surface area (Å²) in [7, 11) is 0. The summed E-state index contributed by atoms with van der Waals surface area (Å²) >= 11 is 0. The summed E-state index contributed by atoms with van der Waals surface area (Å²) in [6.45, 7) is 1.82. The fraction of sp³-hybridized carbons (Fsp3) is 0.500. The Kier molecular flexibility index (Phi) is 0.817. The van der Waals surface area contributed by atoms with Gasteiger partial charge in [-0.25, -0.2) is 0 Å². The summed E-state index contributed by atoms with van der Waals surface area (Å²) in [6, 6.07) is 0. The third-order valence-corrected chi connectivity index (χ3v) is 0.767. The molecule has 1 heterocycles. The smallest absolute Gasteiger partial charge is 0.263 e. The minimum Gasteiger partial charge on any atom is -0.330 e. The van der Waals surface area contributed by atoms with Crippen molar-refractivity contribution in [1.29, 1.82) is 0 Å². The van der Waals surface area contributed by atoms with Crippen LogP contribution in [0.3, 0.4) is 0 Å². The Morgan fingerprint density at radius 2 is 2.71 bits per heavy atom. The van der Waals surface area contributed by atoms with Gasteiger partial charge in [-0.2, -0.15) is 0 Å². The van der Waals surface area contributed by atoms with E-state index in [0.29, 0.717) is 0 Å². The molecule has 0 aromatic rings. The van der Waals surface area contributed by atoms with Gasteiger partial charge >= 0.3 is 0 Å². The molecule has 38 valence electrons. The number of rotatable bonds is 0. The van der Waals surface area contributed by atoms with Crippen molar-refractivity contribution in [2.24, 2.45) is 4.99 Å². The highest BCUT2D eigenvalue weighted by Gasteiger charge is 2.07. The molecule has 3 nitrogen and oxygen atoms in total. The lowest BCUT2D eigenvalue weighted by molar-refractivity contribution is -0.114. The van der Waals surface area contributed by atoms with Gasteiger partial charge < -0.3 is 5.32 Å². The summed E-state index contributed by atoms with van der Waals surface area (Å²) in [6.07, 6.45) is 1.29. The van der Waals surface area contributed by atoms with Gasteiger partial charge in [-0.15, -0.1) is 0 Å². The van der Waals surface area contributed by atoms with Crippen molar-refractivity contribution in [3.05, 3.63) is 0 Å². The molecule has 0 unspecified atom stereocenters. The van der Waals surface area contributed by atoms with Crippen LogP contribution in [0.15, 0.2) is 4.99 Å². The van der Waals surface area contributed by atoms with Gasteiger partial charge in [0.2, 0.25) is 0 Å². The average molecular weight is 98.1 g/mol. The molecule has 0 aromatic heterocycles. The van der Waals surface area contributed by atoms with Crippen molar-refractivity contribution >= 4 is 12.1 Å². The fourth-order valence-corrected chi connectivity index (χ4v) is 0.460. The molecule has 0 fully saturated rings. The van der Waals surface area contributed by atoms with E-state index in [1.807, 2.05) is 6.92 Å². The number of nitrogens with one attached hydrogen (secondary N) is 1. The summed E-state index contributed by atoms with van der Waals surface area (Å²) in [4.78, 5) is 13.9. The molecule has 0 saturated carbocycles. The van der Waals surface area contributed by atoms with E-state index in [9.17, 15) is 4.79 Å². The Morgan fingerprint density at radius 3 is 2.86 bits per heavy atom. The number of hydrogen-bond acceptors (Lipinski definition) is 2. The molecule has 1 N–H and O–H groups in total. The van der Waals surface area contributed by atoms with Gasteiger partial charge in [0, 0.05) is 0 Å². The maximum Gasteiger partial charge on any atom is 0.263 e. The maximum absolute atomic E-state index is 10.2. The van der Waals surface area contributed by atoms with Crippen LogP contribution in [0.5, 0.6) is 0 Å². The quantitative estimate of drug-likeness (QED) is 0.437. The molecule has 1 atom stereocenters. The molecule has 0 saturated heterocycles. The molecule has 1 amide bonds. The van der Waals surface area contributed by atoms with Gasteiger partial charge in [-0.05, 0) is 6.92 Å². The predicted octanol–water partition coefficient (Wildman–Crippen LogP) is -0.467. The zero-order chi connectivity index (χ0) is 5.28. The highest BCUT2D eigenvalue weighted by atomic mass is 16.2. The third-order valence-electron chi connectivity index (χ3n) is 0.767. The van der Waals surface area contributed by atoms with Gasteiger partial charge in [0.1, 0.15) is 6.17 Å². The monoisotopic (exact) mass is 98.0 g/mol. The summed E-state index contributed by atoms with van der Waals surface area (Å²) < 4.78 is 0. The highest BCUT2D eigenvalue weighted by molar-refractivity contribution is 6.27. The fourth-order valence-electron chi connectivity index (χ4n) is 0.460. The number of aliphatic imine (C=N–C) groups is 1. The summed E-state index contributed by atoms with van der Waals surface area (Å²) in [5, 5.41) is 2.56. The lowest BCUT2D eigenvalue weighted by atomic mass is 10.6. The Labute approximate surface area is 41.4 Å².